The van der Waals surface area contributed by atoms with Gasteiger partial charge in [0.25, 0.3) is 0 Å². The summed E-state index contributed by atoms with van der Waals surface area (Å²) in [7, 11) is -3.23. The van der Waals surface area contributed by atoms with E-state index in [0.717, 1.165) is 24.9 Å². The first-order valence-electron chi connectivity index (χ1n) is 6.74. The minimum absolute atomic E-state index is 0.294. The monoisotopic (exact) mass is 308 g/mol. The van der Waals surface area contributed by atoms with E-state index in [0.29, 0.717) is 11.7 Å². The molecule has 6 nitrogen and oxygen atoms in total. The molecule has 0 radical (unpaired) electrons. The third kappa shape index (κ3) is 5.47. The number of benzene rings is 1. The van der Waals surface area contributed by atoms with E-state index in [9.17, 15) is 8.42 Å². The van der Waals surface area contributed by atoms with Crippen molar-refractivity contribution in [1.29, 1.82) is 0 Å². The second kappa shape index (κ2) is 6.62. The van der Waals surface area contributed by atoms with Crippen molar-refractivity contribution in [1.82, 2.24) is 9.78 Å². The van der Waals surface area contributed by atoms with Gasteiger partial charge < -0.3 is 5.32 Å². The minimum Gasteiger partial charge on any atom is -0.383 e. The average molecular weight is 308 g/mol. The van der Waals surface area contributed by atoms with Gasteiger partial charge in [-0.2, -0.15) is 5.10 Å². The first-order chi connectivity index (χ1) is 9.92. The number of anilines is 2. The van der Waals surface area contributed by atoms with Gasteiger partial charge in [-0.25, -0.2) is 8.42 Å². The summed E-state index contributed by atoms with van der Waals surface area (Å²) in [6.45, 7) is 2.96. The second-order valence-corrected chi connectivity index (χ2v) is 6.80. The average Bonchev–Trinajstić information content (AvgIpc) is 2.90. The molecule has 0 saturated heterocycles. The molecule has 1 heterocycles. The summed E-state index contributed by atoms with van der Waals surface area (Å²) in [6.07, 6.45) is 5.80. The van der Waals surface area contributed by atoms with Crippen LogP contribution in [0.4, 0.5) is 11.4 Å². The Morgan fingerprint density at radius 3 is 2.48 bits per heavy atom. The van der Waals surface area contributed by atoms with Crippen LogP contribution in [-0.4, -0.2) is 30.5 Å². The Kier molecular flexibility index (Phi) is 4.85. The molecule has 1 aromatic carbocycles. The third-order valence-electron chi connectivity index (χ3n) is 2.95. The maximum absolute atomic E-state index is 11.1. The van der Waals surface area contributed by atoms with Crippen molar-refractivity contribution in [3.05, 3.63) is 42.7 Å². The molecule has 2 N–H and O–H groups in total. The van der Waals surface area contributed by atoms with Crippen LogP contribution in [0.15, 0.2) is 42.7 Å². The number of nitrogens with zero attached hydrogens (tertiary/aromatic N) is 2. The molecule has 1 atom stereocenters. The molecular weight excluding hydrogens is 288 g/mol. The Hall–Kier alpha value is -2.02. The number of aryl methyl sites for hydroxylation is 1. The highest BCUT2D eigenvalue weighted by Crippen LogP contribution is 2.16. The largest absolute Gasteiger partial charge is 0.383 e. The van der Waals surface area contributed by atoms with Crippen LogP contribution < -0.4 is 10.0 Å². The highest BCUT2D eigenvalue weighted by atomic mass is 32.2. The van der Waals surface area contributed by atoms with Crippen LogP contribution in [0.1, 0.15) is 13.3 Å². The fourth-order valence-corrected chi connectivity index (χ4v) is 2.53. The Labute approximate surface area is 125 Å². The van der Waals surface area contributed by atoms with Crippen molar-refractivity contribution < 1.29 is 8.42 Å². The van der Waals surface area contributed by atoms with E-state index in [4.69, 9.17) is 0 Å². The van der Waals surface area contributed by atoms with E-state index in [1.807, 2.05) is 29.1 Å². The molecule has 1 aromatic heterocycles. The summed E-state index contributed by atoms with van der Waals surface area (Å²) in [4.78, 5) is 0. The van der Waals surface area contributed by atoms with Crippen LogP contribution in [0.2, 0.25) is 0 Å². The van der Waals surface area contributed by atoms with Crippen LogP contribution in [0.5, 0.6) is 0 Å². The van der Waals surface area contributed by atoms with Crippen LogP contribution in [0.3, 0.4) is 0 Å². The van der Waals surface area contributed by atoms with Gasteiger partial charge in [-0.3, -0.25) is 9.40 Å². The van der Waals surface area contributed by atoms with E-state index >= 15 is 0 Å². The molecule has 0 amide bonds. The predicted octanol–water partition coefficient (Wildman–Crippen LogP) is 2.15. The predicted molar refractivity (Wildman–Crippen MR) is 84.8 cm³/mol. The SMILES string of the molecule is CC(CCn1cccn1)Nc1ccc(NS(C)(=O)=O)cc1. The molecule has 114 valence electrons. The van der Waals surface area contributed by atoms with Crippen molar-refractivity contribution in [3.8, 4) is 0 Å². The quantitative estimate of drug-likeness (QED) is 0.821. The summed E-state index contributed by atoms with van der Waals surface area (Å²) in [5, 5.41) is 7.54. The number of nitrogens with one attached hydrogen (secondary N) is 2. The van der Waals surface area contributed by atoms with Crippen LogP contribution >= 0.6 is 0 Å². The van der Waals surface area contributed by atoms with Gasteiger partial charge in [0.1, 0.15) is 0 Å². The lowest BCUT2D eigenvalue weighted by atomic mass is 10.2. The van der Waals surface area contributed by atoms with Crippen LogP contribution in [0, 0.1) is 0 Å². The number of rotatable bonds is 7. The maximum Gasteiger partial charge on any atom is 0.229 e. The van der Waals surface area contributed by atoms with Gasteiger partial charge >= 0.3 is 0 Å². The van der Waals surface area contributed by atoms with Crippen molar-refractivity contribution in [2.45, 2.75) is 25.9 Å². The van der Waals surface area contributed by atoms with Gasteiger partial charge in [0.05, 0.1) is 6.26 Å². The summed E-state index contributed by atoms with van der Waals surface area (Å²) >= 11 is 0. The molecule has 0 aliphatic heterocycles. The zero-order chi connectivity index (χ0) is 15.3. The zero-order valence-electron chi connectivity index (χ0n) is 12.2. The van der Waals surface area contributed by atoms with Crippen molar-refractivity contribution in [3.63, 3.8) is 0 Å². The second-order valence-electron chi connectivity index (χ2n) is 5.05. The molecule has 1 unspecified atom stereocenters. The molecule has 2 aromatic rings. The number of hydrogen-bond acceptors (Lipinski definition) is 4. The summed E-state index contributed by atoms with van der Waals surface area (Å²) in [6, 6.07) is 9.40. The van der Waals surface area contributed by atoms with Gasteiger partial charge in [0, 0.05) is 36.4 Å². The fourth-order valence-electron chi connectivity index (χ4n) is 1.96. The zero-order valence-corrected chi connectivity index (χ0v) is 13.0. The van der Waals surface area contributed by atoms with Crippen molar-refractivity contribution in [2.24, 2.45) is 0 Å². The Bertz CT molecular complexity index is 651. The van der Waals surface area contributed by atoms with Gasteiger partial charge in [-0.1, -0.05) is 0 Å². The van der Waals surface area contributed by atoms with E-state index in [2.05, 4.69) is 22.1 Å². The standard InChI is InChI=1S/C14H20N4O2S/c1-12(8-11-18-10-3-9-15-18)16-13-4-6-14(7-5-13)17-21(2,19)20/h3-7,9-10,12,16-17H,8,11H2,1-2H3. The van der Waals surface area contributed by atoms with E-state index in [1.54, 1.807) is 18.3 Å². The third-order valence-corrected chi connectivity index (χ3v) is 3.56. The van der Waals surface area contributed by atoms with Crippen molar-refractivity contribution in [2.75, 3.05) is 16.3 Å². The fraction of sp³-hybridized carbons (Fsp3) is 0.357. The first kappa shape index (κ1) is 15.4. The minimum atomic E-state index is -3.23. The Morgan fingerprint density at radius 2 is 1.90 bits per heavy atom. The first-order valence-corrected chi connectivity index (χ1v) is 8.63. The molecule has 21 heavy (non-hydrogen) atoms. The molecule has 0 aliphatic rings. The molecule has 0 saturated carbocycles. The molecule has 0 bridgehead atoms. The molecule has 2 rings (SSSR count). The van der Waals surface area contributed by atoms with Crippen LogP contribution in [-0.2, 0) is 16.6 Å². The normalized spacial score (nSPS) is 12.9. The van der Waals surface area contributed by atoms with Gasteiger partial charge in [-0.05, 0) is 43.7 Å². The lowest BCUT2D eigenvalue weighted by Crippen LogP contribution is -2.18. The van der Waals surface area contributed by atoms with Crippen molar-refractivity contribution >= 4 is 21.4 Å². The van der Waals surface area contributed by atoms with E-state index in [-0.39, 0.29) is 0 Å². The molecule has 0 spiro atoms. The van der Waals surface area contributed by atoms with E-state index < -0.39 is 10.0 Å². The summed E-state index contributed by atoms with van der Waals surface area (Å²) < 4.78 is 26.6. The lowest BCUT2D eigenvalue weighted by molar-refractivity contribution is 0.546. The Balaban J connectivity index is 1.84. The Morgan fingerprint density at radius 1 is 1.24 bits per heavy atom. The maximum atomic E-state index is 11.1. The number of hydrogen-bond donors (Lipinski definition) is 2. The number of aromatic nitrogens is 2. The highest BCUT2D eigenvalue weighted by Gasteiger charge is 2.04. The topological polar surface area (TPSA) is 76.0 Å². The highest BCUT2D eigenvalue weighted by molar-refractivity contribution is 7.92. The van der Waals surface area contributed by atoms with E-state index in [1.165, 1.54) is 0 Å². The summed E-state index contributed by atoms with van der Waals surface area (Å²) in [5.41, 5.74) is 1.52. The van der Waals surface area contributed by atoms with Gasteiger partial charge in [0.2, 0.25) is 10.0 Å². The summed E-state index contributed by atoms with van der Waals surface area (Å²) in [5.74, 6) is 0. The molecule has 0 fully saturated rings. The molecule has 0 aliphatic carbocycles. The van der Waals surface area contributed by atoms with Gasteiger partial charge in [-0.15, -0.1) is 0 Å². The number of sulfonamides is 1. The lowest BCUT2D eigenvalue weighted by Gasteiger charge is -2.15. The van der Waals surface area contributed by atoms with Gasteiger partial charge in [0.15, 0.2) is 0 Å². The molecule has 7 heteroatoms. The molecular formula is C14H20N4O2S. The smallest absolute Gasteiger partial charge is 0.229 e. The van der Waals surface area contributed by atoms with Crippen LogP contribution in [0.25, 0.3) is 0 Å².